The molecule has 1 aromatic rings. The van der Waals surface area contributed by atoms with Crippen molar-refractivity contribution < 1.29 is 9.59 Å². The maximum atomic E-state index is 12.9. The summed E-state index contributed by atoms with van der Waals surface area (Å²) in [6.45, 7) is 3.91. The zero-order valence-electron chi connectivity index (χ0n) is 12.6. The van der Waals surface area contributed by atoms with Crippen LogP contribution in [0.4, 0.5) is 5.69 Å². The van der Waals surface area contributed by atoms with E-state index in [1.54, 1.807) is 4.90 Å². The standard InChI is InChI=1S/C18H21NO2/c1-12(2)16-17(20)14-10-6-7-11-15(14)19(18(16)21)13-8-4-3-5-9-13/h3-5,8-9,12,16H,6-7,10-11H2,1-2H3. The molecule has 1 aliphatic carbocycles. The van der Waals surface area contributed by atoms with E-state index in [-0.39, 0.29) is 17.6 Å². The van der Waals surface area contributed by atoms with Crippen LogP contribution in [0, 0.1) is 11.8 Å². The summed E-state index contributed by atoms with van der Waals surface area (Å²) >= 11 is 0. The van der Waals surface area contributed by atoms with Gasteiger partial charge in [0.15, 0.2) is 5.78 Å². The van der Waals surface area contributed by atoms with Crippen LogP contribution in [0.5, 0.6) is 0 Å². The van der Waals surface area contributed by atoms with E-state index in [2.05, 4.69) is 0 Å². The number of anilines is 1. The third-order valence-electron chi connectivity index (χ3n) is 4.46. The van der Waals surface area contributed by atoms with Gasteiger partial charge < -0.3 is 0 Å². The summed E-state index contributed by atoms with van der Waals surface area (Å²) in [5.74, 6) is -0.479. The van der Waals surface area contributed by atoms with Crippen LogP contribution in [-0.2, 0) is 9.59 Å². The van der Waals surface area contributed by atoms with Crippen molar-refractivity contribution in [3.63, 3.8) is 0 Å². The second kappa shape index (κ2) is 5.47. The molecule has 3 heteroatoms. The van der Waals surface area contributed by atoms with Crippen LogP contribution in [0.2, 0.25) is 0 Å². The molecule has 1 aromatic carbocycles. The minimum atomic E-state index is -0.526. The number of hydrogen-bond donors (Lipinski definition) is 0. The zero-order chi connectivity index (χ0) is 15.0. The molecule has 2 aliphatic rings. The molecule has 3 rings (SSSR count). The summed E-state index contributed by atoms with van der Waals surface area (Å²) in [7, 11) is 0. The maximum absolute atomic E-state index is 12.9. The molecule has 0 aromatic heterocycles. The highest BCUT2D eigenvalue weighted by Crippen LogP contribution is 2.39. The first-order valence-electron chi connectivity index (χ1n) is 7.76. The van der Waals surface area contributed by atoms with E-state index < -0.39 is 5.92 Å². The lowest BCUT2D eigenvalue weighted by Gasteiger charge is -2.38. The fourth-order valence-electron chi connectivity index (χ4n) is 3.42. The number of benzene rings is 1. The fraction of sp³-hybridized carbons (Fsp3) is 0.444. The largest absolute Gasteiger partial charge is 0.294 e. The van der Waals surface area contributed by atoms with Crippen molar-refractivity contribution in [3.05, 3.63) is 41.6 Å². The molecule has 0 saturated heterocycles. The minimum absolute atomic E-state index is 0.0344. The minimum Gasteiger partial charge on any atom is -0.294 e. The van der Waals surface area contributed by atoms with E-state index in [1.807, 2.05) is 44.2 Å². The number of carbonyl (C=O) groups excluding carboxylic acids is 2. The molecule has 0 spiro atoms. The highest BCUT2D eigenvalue weighted by molar-refractivity contribution is 6.19. The van der Waals surface area contributed by atoms with Gasteiger partial charge in [0.1, 0.15) is 5.92 Å². The van der Waals surface area contributed by atoms with E-state index in [4.69, 9.17) is 0 Å². The number of amides is 1. The lowest BCUT2D eigenvalue weighted by Crippen LogP contribution is -2.47. The van der Waals surface area contributed by atoms with Crippen molar-refractivity contribution in [1.29, 1.82) is 0 Å². The molecular formula is C18H21NO2. The summed E-state index contributed by atoms with van der Waals surface area (Å²) in [5.41, 5.74) is 2.72. The molecule has 0 bridgehead atoms. The Morgan fingerprint density at radius 1 is 1.05 bits per heavy atom. The SMILES string of the molecule is CC(C)C1C(=O)C2=C(CCCC2)N(c2ccccc2)C1=O. The molecule has 3 nitrogen and oxygen atoms in total. The van der Waals surface area contributed by atoms with Gasteiger partial charge >= 0.3 is 0 Å². The lowest BCUT2D eigenvalue weighted by atomic mass is 9.78. The van der Waals surface area contributed by atoms with E-state index in [9.17, 15) is 9.59 Å². The summed E-state index contributed by atoms with van der Waals surface area (Å²) < 4.78 is 0. The van der Waals surface area contributed by atoms with Gasteiger partial charge in [0.2, 0.25) is 5.91 Å². The van der Waals surface area contributed by atoms with E-state index in [1.165, 1.54) is 0 Å². The van der Waals surface area contributed by atoms with Crippen LogP contribution in [-0.4, -0.2) is 11.7 Å². The van der Waals surface area contributed by atoms with Crippen molar-refractivity contribution in [3.8, 4) is 0 Å². The molecule has 1 aliphatic heterocycles. The van der Waals surface area contributed by atoms with Crippen molar-refractivity contribution in [1.82, 2.24) is 0 Å². The van der Waals surface area contributed by atoms with Crippen LogP contribution in [0.15, 0.2) is 41.6 Å². The van der Waals surface area contributed by atoms with Crippen LogP contribution in [0.3, 0.4) is 0 Å². The maximum Gasteiger partial charge on any atom is 0.242 e. The highest BCUT2D eigenvalue weighted by atomic mass is 16.2. The number of carbonyl (C=O) groups is 2. The van der Waals surface area contributed by atoms with Gasteiger partial charge in [-0.25, -0.2) is 0 Å². The second-order valence-corrected chi connectivity index (χ2v) is 6.23. The van der Waals surface area contributed by atoms with Gasteiger partial charge in [-0.1, -0.05) is 32.0 Å². The molecular weight excluding hydrogens is 262 g/mol. The van der Waals surface area contributed by atoms with Crippen LogP contribution in [0.25, 0.3) is 0 Å². The monoisotopic (exact) mass is 283 g/mol. The van der Waals surface area contributed by atoms with Gasteiger partial charge in [0.05, 0.1) is 0 Å². The summed E-state index contributed by atoms with van der Waals surface area (Å²) in [6.07, 6.45) is 3.74. The number of hydrogen-bond acceptors (Lipinski definition) is 2. The van der Waals surface area contributed by atoms with Crippen molar-refractivity contribution in [2.45, 2.75) is 39.5 Å². The van der Waals surface area contributed by atoms with Gasteiger partial charge in [-0.3, -0.25) is 14.5 Å². The Morgan fingerprint density at radius 3 is 2.38 bits per heavy atom. The summed E-state index contributed by atoms with van der Waals surface area (Å²) in [6, 6.07) is 9.72. The Balaban J connectivity index is 2.14. The van der Waals surface area contributed by atoms with E-state index in [0.717, 1.165) is 42.6 Å². The summed E-state index contributed by atoms with van der Waals surface area (Å²) in [5, 5.41) is 0. The predicted octanol–water partition coefficient (Wildman–Crippen LogP) is 3.70. The molecule has 21 heavy (non-hydrogen) atoms. The van der Waals surface area contributed by atoms with Crippen molar-refractivity contribution >= 4 is 17.4 Å². The molecule has 1 amide bonds. The zero-order valence-corrected chi connectivity index (χ0v) is 12.6. The van der Waals surface area contributed by atoms with E-state index in [0.29, 0.717) is 0 Å². The molecule has 1 unspecified atom stereocenters. The average molecular weight is 283 g/mol. The topological polar surface area (TPSA) is 37.4 Å². The first kappa shape index (κ1) is 14.1. The normalized spacial score (nSPS) is 22.8. The Kier molecular flexibility index (Phi) is 3.66. The molecule has 0 saturated carbocycles. The third kappa shape index (κ3) is 2.31. The molecule has 110 valence electrons. The molecule has 0 radical (unpaired) electrons. The molecule has 1 atom stereocenters. The van der Waals surface area contributed by atoms with Gasteiger partial charge in [-0.2, -0.15) is 0 Å². The third-order valence-corrected chi connectivity index (χ3v) is 4.46. The van der Waals surface area contributed by atoms with Crippen LogP contribution in [0.1, 0.15) is 39.5 Å². The second-order valence-electron chi connectivity index (χ2n) is 6.23. The van der Waals surface area contributed by atoms with Gasteiger partial charge in [-0.05, 0) is 43.7 Å². The number of rotatable bonds is 2. The first-order chi connectivity index (χ1) is 10.1. The Hall–Kier alpha value is -1.90. The first-order valence-corrected chi connectivity index (χ1v) is 7.76. The van der Waals surface area contributed by atoms with Gasteiger partial charge in [-0.15, -0.1) is 0 Å². The molecule has 0 fully saturated rings. The number of para-hydroxylation sites is 1. The Morgan fingerprint density at radius 2 is 1.71 bits per heavy atom. The smallest absolute Gasteiger partial charge is 0.242 e. The molecule has 0 N–H and O–H groups in total. The lowest BCUT2D eigenvalue weighted by molar-refractivity contribution is -0.133. The van der Waals surface area contributed by atoms with Gasteiger partial charge in [0.25, 0.3) is 0 Å². The molecule has 1 heterocycles. The number of Topliss-reactive ketones (excluding diaryl/α,β-unsaturated/α-hetero) is 1. The van der Waals surface area contributed by atoms with Gasteiger partial charge in [0, 0.05) is 17.0 Å². The number of ketones is 1. The predicted molar refractivity (Wildman–Crippen MR) is 82.8 cm³/mol. The fourth-order valence-corrected chi connectivity index (χ4v) is 3.42. The highest BCUT2D eigenvalue weighted by Gasteiger charge is 2.43. The van der Waals surface area contributed by atoms with Crippen LogP contribution >= 0.6 is 0 Å². The van der Waals surface area contributed by atoms with Crippen molar-refractivity contribution in [2.75, 3.05) is 4.90 Å². The van der Waals surface area contributed by atoms with Crippen molar-refractivity contribution in [2.24, 2.45) is 11.8 Å². The number of nitrogens with zero attached hydrogens (tertiary/aromatic N) is 1. The van der Waals surface area contributed by atoms with Crippen LogP contribution < -0.4 is 4.90 Å². The average Bonchev–Trinajstić information content (AvgIpc) is 2.48. The quantitative estimate of drug-likeness (QED) is 0.776. The van der Waals surface area contributed by atoms with E-state index >= 15 is 0 Å². The number of allylic oxidation sites excluding steroid dienone is 2. The Bertz CT molecular complexity index is 601. The Labute approximate surface area is 125 Å². The summed E-state index contributed by atoms with van der Waals surface area (Å²) in [4.78, 5) is 27.4.